The van der Waals surface area contributed by atoms with E-state index >= 15 is 0 Å². The molecular formula is C26H37N7O8. The van der Waals surface area contributed by atoms with E-state index in [0.29, 0.717) is 37.9 Å². The van der Waals surface area contributed by atoms with Crippen molar-refractivity contribution >= 4 is 41.7 Å². The molecule has 41 heavy (non-hydrogen) atoms. The van der Waals surface area contributed by atoms with E-state index < -0.39 is 60.3 Å². The Morgan fingerprint density at radius 1 is 0.756 bits per heavy atom. The number of amides is 8. The minimum Gasteiger partial charge on any atom is -0.481 e. The third-order valence-corrected chi connectivity index (χ3v) is 6.17. The average molecular weight is 576 g/mol. The molecule has 1 aromatic carbocycles. The molecular weight excluding hydrogens is 538 g/mol. The second-order valence-electron chi connectivity index (χ2n) is 9.55. The fourth-order valence-electron chi connectivity index (χ4n) is 3.95. The first kappa shape index (κ1) is 32.7. The van der Waals surface area contributed by atoms with E-state index in [9.17, 15) is 33.6 Å². The number of carbonyl (C=O) groups is 7. The van der Waals surface area contributed by atoms with E-state index in [1.165, 1.54) is 0 Å². The molecule has 0 aromatic heterocycles. The molecule has 15 heteroatoms. The van der Waals surface area contributed by atoms with Crippen LogP contribution in [0.25, 0.3) is 0 Å². The van der Waals surface area contributed by atoms with Crippen LogP contribution >= 0.6 is 0 Å². The van der Waals surface area contributed by atoms with Crippen LogP contribution in [-0.4, -0.2) is 85.0 Å². The van der Waals surface area contributed by atoms with Gasteiger partial charge in [0.05, 0.1) is 6.42 Å². The summed E-state index contributed by atoms with van der Waals surface area (Å²) in [6, 6.07) is 0.804. The monoisotopic (exact) mass is 575 g/mol. The van der Waals surface area contributed by atoms with Gasteiger partial charge in [0.2, 0.25) is 5.91 Å². The molecule has 15 nitrogen and oxygen atoms in total. The number of urea groups is 2. The van der Waals surface area contributed by atoms with Gasteiger partial charge < -0.3 is 31.7 Å². The van der Waals surface area contributed by atoms with E-state index in [4.69, 9.17) is 5.11 Å². The lowest BCUT2D eigenvalue weighted by Gasteiger charge is -2.22. The Labute approximate surface area is 236 Å². The van der Waals surface area contributed by atoms with Gasteiger partial charge in [0.15, 0.2) is 0 Å². The first-order valence-corrected chi connectivity index (χ1v) is 13.2. The summed E-state index contributed by atoms with van der Waals surface area (Å²) in [6.45, 7) is 2.72. The summed E-state index contributed by atoms with van der Waals surface area (Å²) in [5, 5.41) is 25.7. The Morgan fingerprint density at radius 2 is 1.32 bits per heavy atom. The minimum absolute atomic E-state index is 0.0917. The van der Waals surface area contributed by atoms with Crippen LogP contribution in [0.3, 0.4) is 0 Å². The predicted molar refractivity (Wildman–Crippen MR) is 146 cm³/mol. The van der Waals surface area contributed by atoms with Crippen LogP contribution in [0.5, 0.6) is 0 Å². The molecule has 0 spiro atoms. The van der Waals surface area contributed by atoms with Gasteiger partial charge in [0, 0.05) is 12.1 Å². The summed E-state index contributed by atoms with van der Waals surface area (Å²) >= 11 is 0. The minimum atomic E-state index is -1.67. The molecule has 0 bridgehead atoms. The van der Waals surface area contributed by atoms with Crippen LogP contribution in [0.2, 0.25) is 0 Å². The van der Waals surface area contributed by atoms with Gasteiger partial charge in [0.1, 0.15) is 18.1 Å². The number of imide groups is 2. The number of nitrogens with one attached hydrogen (secondary N) is 7. The first-order chi connectivity index (χ1) is 19.5. The van der Waals surface area contributed by atoms with E-state index in [-0.39, 0.29) is 18.7 Å². The molecule has 0 radical (unpaired) electrons. The Kier molecular flexibility index (Phi) is 13.2. The first-order valence-electron chi connectivity index (χ1n) is 13.2. The van der Waals surface area contributed by atoms with Crippen LogP contribution in [0.15, 0.2) is 24.3 Å². The topological polar surface area (TPSA) is 224 Å². The number of carboxylic acid groups (broad SMARTS) is 1. The summed E-state index contributed by atoms with van der Waals surface area (Å²) in [5.41, 5.74) is 1.53. The van der Waals surface area contributed by atoms with Crippen molar-refractivity contribution < 1.29 is 38.7 Å². The summed E-state index contributed by atoms with van der Waals surface area (Å²) in [6.07, 6.45) is 0.659. The highest BCUT2D eigenvalue weighted by Gasteiger charge is 2.31. The number of hydrogen-bond acceptors (Lipinski definition) is 8. The van der Waals surface area contributed by atoms with E-state index in [0.717, 1.165) is 5.56 Å². The van der Waals surface area contributed by atoms with Gasteiger partial charge in [-0.05, 0) is 64.8 Å². The fourth-order valence-corrected chi connectivity index (χ4v) is 3.95. The van der Waals surface area contributed by atoms with Crippen molar-refractivity contribution in [3.63, 3.8) is 0 Å². The second-order valence-corrected chi connectivity index (χ2v) is 9.55. The quantitative estimate of drug-likeness (QED) is 0.147. The number of carboxylic acids is 1. The molecule has 1 fully saturated rings. The highest BCUT2D eigenvalue weighted by molar-refractivity contribution is 6.04. The lowest BCUT2D eigenvalue weighted by Crippen LogP contribution is -2.55. The van der Waals surface area contributed by atoms with Gasteiger partial charge in [-0.2, -0.15) is 0 Å². The molecule has 1 saturated heterocycles. The molecule has 8 N–H and O–H groups in total. The zero-order valence-corrected chi connectivity index (χ0v) is 23.0. The van der Waals surface area contributed by atoms with Gasteiger partial charge in [0.25, 0.3) is 17.7 Å². The van der Waals surface area contributed by atoms with E-state index in [1.807, 2.05) is 29.7 Å². The molecule has 3 atom stereocenters. The lowest BCUT2D eigenvalue weighted by molar-refractivity contribution is -0.139. The lowest BCUT2D eigenvalue weighted by atomic mass is 10.1. The van der Waals surface area contributed by atoms with Crippen molar-refractivity contribution in [1.29, 1.82) is 0 Å². The maximum absolute atomic E-state index is 13.1. The molecule has 3 unspecified atom stereocenters. The fraction of sp³-hybridized carbons (Fsp3) is 0.500. The summed E-state index contributed by atoms with van der Waals surface area (Å²) in [7, 11) is 1.71. The maximum Gasteiger partial charge on any atom is 0.322 e. The molecule has 2 rings (SSSR count). The Hall–Kier alpha value is -4.53. The van der Waals surface area contributed by atoms with E-state index in [1.54, 1.807) is 19.2 Å². The van der Waals surface area contributed by atoms with Gasteiger partial charge in [-0.25, -0.2) is 9.59 Å². The van der Waals surface area contributed by atoms with E-state index in [2.05, 4.69) is 26.6 Å². The van der Waals surface area contributed by atoms with Crippen molar-refractivity contribution in [1.82, 2.24) is 37.2 Å². The van der Waals surface area contributed by atoms with Crippen LogP contribution in [0.1, 0.15) is 54.4 Å². The largest absolute Gasteiger partial charge is 0.481 e. The molecule has 1 heterocycles. The normalized spacial score (nSPS) is 20.1. The van der Waals surface area contributed by atoms with Gasteiger partial charge in [-0.1, -0.05) is 17.7 Å². The molecule has 1 aliphatic rings. The van der Waals surface area contributed by atoms with Crippen molar-refractivity contribution in [3.8, 4) is 0 Å². The molecule has 0 saturated carbocycles. The Bertz CT molecular complexity index is 1130. The standard InChI is InChI=1S/C26H37N7O8/c1-15-8-10-16(11-9-15)21(36)28-13-4-3-6-18-22(37)29-17(7-5-12-27-2)23(38)32-26(41)31-19(14-20(34)35)24(39)33-25(40)30-18/h8-11,17-19,27H,3-7,12-14H2,1-2H3,(H,28,36)(H,29,37)(H,34,35)(H2,30,33,39,40)(H2,31,32,38,41). The molecule has 8 amide bonds. The predicted octanol–water partition coefficient (Wildman–Crippen LogP) is -0.743. The summed E-state index contributed by atoms with van der Waals surface area (Å²) < 4.78 is 0. The van der Waals surface area contributed by atoms with Crippen molar-refractivity contribution in [3.05, 3.63) is 35.4 Å². The zero-order valence-electron chi connectivity index (χ0n) is 23.0. The molecule has 0 aliphatic carbocycles. The van der Waals surface area contributed by atoms with Gasteiger partial charge in [-0.15, -0.1) is 0 Å². The number of unbranched alkanes of at least 4 members (excludes halogenated alkanes) is 1. The highest BCUT2D eigenvalue weighted by atomic mass is 16.4. The second kappa shape index (κ2) is 16.5. The average Bonchev–Trinajstić information content (AvgIpc) is 2.91. The number of aliphatic carboxylic acids is 1. The van der Waals surface area contributed by atoms with Gasteiger partial charge >= 0.3 is 18.0 Å². The SMILES string of the molecule is CNCCCC1NC(=O)C(CCCCNC(=O)c2ccc(C)cc2)NC(=O)NC(=O)C(CC(=O)O)NC(=O)NC1=O. The number of benzene rings is 1. The molecule has 1 aromatic rings. The summed E-state index contributed by atoms with van der Waals surface area (Å²) in [5.74, 6) is -4.42. The van der Waals surface area contributed by atoms with Crippen molar-refractivity contribution in [2.45, 2.75) is 63.6 Å². The number of aryl methyl sites for hydroxylation is 1. The summed E-state index contributed by atoms with van der Waals surface area (Å²) in [4.78, 5) is 86.8. The van der Waals surface area contributed by atoms with Crippen molar-refractivity contribution in [2.75, 3.05) is 20.1 Å². The molecule has 224 valence electrons. The number of carbonyl (C=O) groups excluding carboxylic acids is 6. The van der Waals surface area contributed by atoms with Gasteiger partial charge in [-0.3, -0.25) is 34.6 Å². The third-order valence-electron chi connectivity index (χ3n) is 6.17. The Morgan fingerprint density at radius 3 is 1.93 bits per heavy atom. The number of rotatable bonds is 12. The van der Waals surface area contributed by atoms with Crippen LogP contribution in [-0.2, 0) is 19.2 Å². The third kappa shape index (κ3) is 11.6. The smallest absolute Gasteiger partial charge is 0.322 e. The maximum atomic E-state index is 13.1. The number of hydrogen-bond donors (Lipinski definition) is 8. The molecule has 1 aliphatic heterocycles. The Balaban J connectivity index is 2.11. The van der Waals surface area contributed by atoms with Crippen LogP contribution in [0, 0.1) is 6.92 Å². The van der Waals surface area contributed by atoms with Crippen LogP contribution in [0.4, 0.5) is 9.59 Å². The van der Waals surface area contributed by atoms with Crippen LogP contribution < -0.4 is 37.2 Å². The highest BCUT2D eigenvalue weighted by Crippen LogP contribution is 2.07. The zero-order chi connectivity index (χ0) is 30.4. The van der Waals surface area contributed by atoms with Crippen molar-refractivity contribution in [2.24, 2.45) is 0 Å².